The molecule has 3 N–H and O–H groups in total. The molecule has 2 aromatic rings. The molecule has 0 saturated carbocycles. The highest BCUT2D eigenvalue weighted by Gasteiger charge is 2.11. The van der Waals surface area contributed by atoms with E-state index in [-0.39, 0.29) is 0 Å². The number of nitrogen functional groups attached to an aromatic ring is 1. The Balaban J connectivity index is 2.20. The molecule has 0 saturated heterocycles. The average Bonchev–Trinajstić information content (AvgIpc) is 2.41. The predicted molar refractivity (Wildman–Crippen MR) is 68.5 cm³/mol. The Morgan fingerprint density at radius 1 is 1.39 bits per heavy atom. The van der Waals surface area contributed by atoms with Gasteiger partial charge in [0.15, 0.2) is 0 Å². The Bertz CT molecular complexity index is 590. The Labute approximate surface area is 105 Å². The van der Waals surface area contributed by atoms with Crippen molar-refractivity contribution in [3.63, 3.8) is 0 Å². The maximum absolute atomic E-state index is 10.1. The molecule has 1 aromatic carbocycles. The van der Waals surface area contributed by atoms with E-state index in [1.165, 1.54) is 0 Å². The predicted octanol–water partition coefficient (Wildman–Crippen LogP) is 1.81. The molecule has 2 rings (SSSR count). The number of rotatable bonds is 3. The zero-order chi connectivity index (χ0) is 13.0. The van der Waals surface area contributed by atoms with Crippen LogP contribution < -0.4 is 5.73 Å². The van der Waals surface area contributed by atoms with E-state index in [9.17, 15) is 5.11 Å². The largest absolute Gasteiger partial charge is 0.398 e. The van der Waals surface area contributed by atoms with Crippen LogP contribution in [0.15, 0.2) is 42.7 Å². The minimum Gasteiger partial charge on any atom is -0.398 e. The fraction of sp³-hybridized carbons (Fsp3) is 0.143. The number of nitrogens with two attached hydrogens (primary N) is 1. The van der Waals surface area contributed by atoms with Crippen molar-refractivity contribution in [2.45, 2.75) is 12.5 Å². The second-order valence-electron chi connectivity index (χ2n) is 4.03. The average molecular weight is 239 g/mol. The van der Waals surface area contributed by atoms with Gasteiger partial charge in [0.05, 0.1) is 17.7 Å². The van der Waals surface area contributed by atoms with E-state index in [0.717, 1.165) is 5.56 Å². The van der Waals surface area contributed by atoms with Crippen LogP contribution in [0.25, 0.3) is 0 Å². The molecule has 90 valence electrons. The molecule has 0 spiro atoms. The molecule has 18 heavy (non-hydrogen) atoms. The van der Waals surface area contributed by atoms with Crippen molar-refractivity contribution in [1.29, 1.82) is 5.26 Å². The summed E-state index contributed by atoms with van der Waals surface area (Å²) < 4.78 is 0. The second-order valence-corrected chi connectivity index (χ2v) is 4.03. The summed E-state index contributed by atoms with van der Waals surface area (Å²) in [6.45, 7) is 0. The summed E-state index contributed by atoms with van der Waals surface area (Å²) in [5, 5.41) is 18.9. The quantitative estimate of drug-likeness (QED) is 0.855. The van der Waals surface area contributed by atoms with Crippen LogP contribution in [0.1, 0.15) is 22.8 Å². The topological polar surface area (TPSA) is 82.9 Å². The van der Waals surface area contributed by atoms with Gasteiger partial charge in [-0.15, -0.1) is 0 Å². The minimum atomic E-state index is -0.690. The maximum atomic E-state index is 10.1. The third-order valence-electron chi connectivity index (χ3n) is 2.76. The molecule has 0 aliphatic heterocycles. The summed E-state index contributed by atoms with van der Waals surface area (Å²) >= 11 is 0. The smallest absolute Gasteiger partial charge is 0.0991 e. The molecule has 0 amide bonds. The van der Waals surface area contributed by atoms with Crippen LogP contribution in [0.5, 0.6) is 0 Å². The Kier molecular flexibility index (Phi) is 3.56. The van der Waals surface area contributed by atoms with Crippen LogP contribution in [0.3, 0.4) is 0 Å². The summed E-state index contributed by atoms with van der Waals surface area (Å²) in [5.74, 6) is 0. The number of aliphatic hydroxyl groups excluding tert-OH is 1. The molecular weight excluding hydrogens is 226 g/mol. The number of nitrogens with zero attached hydrogens (tertiary/aromatic N) is 2. The SMILES string of the molecule is N#Cc1cccc(C(O)Cc2cnccc2N)c1. The third kappa shape index (κ3) is 2.65. The van der Waals surface area contributed by atoms with Crippen molar-refractivity contribution in [3.8, 4) is 6.07 Å². The first kappa shape index (κ1) is 12.1. The molecule has 1 unspecified atom stereocenters. The van der Waals surface area contributed by atoms with Crippen molar-refractivity contribution < 1.29 is 5.11 Å². The number of aliphatic hydroxyl groups is 1. The van der Waals surface area contributed by atoms with Crippen LogP contribution in [0, 0.1) is 11.3 Å². The minimum absolute atomic E-state index is 0.383. The van der Waals surface area contributed by atoms with Crippen molar-refractivity contribution in [3.05, 3.63) is 59.4 Å². The van der Waals surface area contributed by atoms with E-state index in [1.807, 2.05) is 6.07 Å². The third-order valence-corrected chi connectivity index (χ3v) is 2.76. The molecule has 1 atom stereocenters. The Morgan fingerprint density at radius 2 is 2.22 bits per heavy atom. The van der Waals surface area contributed by atoms with Crippen molar-refractivity contribution in [1.82, 2.24) is 4.98 Å². The van der Waals surface area contributed by atoms with Gasteiger partial charge in [0, 0.05) is 24.5 Å². The monoisotopic (exact) mass is 239 g/mol. The first-order valence-electron chi connectivity index (χ1n) is 5.57. The summed E-state index contributed by atoms with van der Waals surface area (Å²) in [4.78, 5) is 3.98. The molecule has 0 aliphatic carbocycles. The lowest BCUT2D eigenvalue weighted by molar-refractivity contribution is 0.178. The first-order valence-corrected chi connectivity index (χ1v) is 5.57. The number of benzene rings is 1. The van der Waals surface area contributed by atoms with Gasteiger partial charge in [-0.2, -0.15) is 5.26 Å². The van der Waals surface area contributed by atoms with Crippen LogP contribution in [0.2, 0.25) is 0 Å². The molecule has 1 aromatic heterocycles. The van der Waals surface area contributed by atoms with Gasteiger partial charge in [-0.1, -0.05) is 12.1 Å². The van der Waals surface area contributed by atoms with Crippen molar-refractivity contribution in [2.24, 2.45) is 0 Å². The molecule has 4 heteroatoms. The van der Waals surface area contributed by atoms with Gasteiger partial charge in [0.1, 0.15) is 0 Å². The van der Waals surface area contributed by atoms with Crippen LogP contribution in [-0.2, 0) is 6.42 Å². The molecule has 4 nitrogen and oxygen atoms in total. The van der Waals surface area contributed by atoms with Gasteiger partial charge >= 0.3 is 0 Å². The van der Waals surface area contributed by atoms with E-state index in [0.29, 0.717) is 23.2 Å². The highest BCUT2D eigenvalue weighted by molar-refractivity contribution is 5.45. The molecule has 0 radical (unpaired) electrons. The van der Waals surface area contributed by atoms with Crippen LogP contribution in [-0.4, -0.2) is 10.1 Å². The first-order chi connectivity index (χ1) is 8.70. The standard InChI is InChI=1S/C14H13N3O/c15-8-10-2-1-3-11(6-10)14(18)7-12-9-17-5-4-13(12)16/h1-6,9,14,18H,7H2,(H2,16,17). The van der Waals surface area contributed by atoms with E-state index >= 15 is 0 Å². The zero-order valence-corrected chi connectivity index (χ0v) is 9.74. The Hall–Kier alpha value is -2.38. The molecule has 0 fully saturated rings. The normalized spacial score (nSPS) is 11.8. The van der Waals surface area contributed by atoms with Crippen molar-refractivity contribution in [2.75, 3.05) is 5.73 Å². The number of pyridine rings is 1. The summed E-state index contributed by atoms with van der Waals surface area (Å²) in [6, 6.07) is 10.7. The lowest BCUT2D eigenvalue weighted by atomic mass is 10.0. The molecule has 0 aliphatic rings. The zero-order valence-electron chi connectivity index (χ0n) is 9.74. The maximum Gasteiger partial charge on any atom is 0.0991 e. The lowest BCUT2D eigenvalue weighted by Gasteiger charge is -2.12. The van der Waals surface area contributed by atoms with Gasteiger partial charge in [-0.25, -0.2) is 0 Å². The van der Waals surface area contributed by atoms with Gasteiger partial charge in [0.2, 0.25) is 0 Å². The summed E-state index contributed by atoms with van der Waals surface area (Å²) in [5.41, 5.74) is 8.45. The summed E-state index contributed by atoms with van der Waals surface area (Å²) in [7, 11) is 0. The highest BCUT2D eigenvalue weighted by atomic mass is 16.3. The van der Waals surface area contributed by atoms with Gasteiger partial charge < -0.3 is 10.8 Å². The van der Waals surface area contributed by atoms with Gasteiger partial charge in [-0.3, -0.25) is 4.98 Å². The van der Waals surface area contributed by atoms with E-state index in [2.05, 4.69) is 4.98 Å². The summed E-state index contributed by atoms with van der Waals surface area (Å²) in [6.07, 6.45) is 2.95. The Morgan fingerprint density at radius 3 is 2.94 bits per heavy atom. The lowest BCUT2D eigenvalue weighted by Crippen LogP contribution is -2.05. The fourth-order valence-corrected chi connectivity index (χ4v) is 1.75. The number of hydrogen-bond acceptors (Lipinski definition) is 4. The fourth-order valence-electron chi connectivity index (χ4n) is 1.75. The van der Waals surface area contributed by atoms with E-state index < -0.39 is 6.10 Å². The molecule has 1 heterocycles. The van der Waals surface area contributed by atoms with E-state index in [4.69, 9.17) is 11.0 Å². The van der Waals surface area contributed by atoms with Crippen LogP contribution in [0.4, 0.5) is 5.69 Å². The van der Waals surface area contributed by atoms with E-state index in [1.54, 1.807) is 42.7 Å². The van der Waals surface area contributed by atoms with Gasteiger partial charge in [0.25, 0.3) is 0 Å². The second kappa shape index (κ2) is 5.30. The number of anilines is 1. The molecular formula is C14H13N3O. The highest BCUT2D eigenvalue weighted by Crippen LogP contribution is 2.21. The van der Waals surface area contributed by atoms with Gasteiger partial charge in [-0.05, 0) is 29.3 Å². The number of hydrogen-bond donors (Lipinski definition) is 2. The molecule has 0 bridgehead atoms. The number of nitriles is 1. The van der Waals surface area contributed by atoms with Crippen molar-refractivity contribution >= 4 is 5.69 Å². The van der Waals surface area contributed by atoms with Crippen LogP contribution >= 0.6 is 0 Å². The number of aromatic nitrogens is 1.